The predicted molar refractivity (Wildman–Crippen MR) is 62.0 cm³/mol. The van der Waals surface area contributed by atoms with Crippen molar-refractivity contribution in [3.8, 4) is 0 Å². The molecule has 0 spiro atoms. The van der Waals surface area contributed by atoms with Crippen molar-refractivity contribution in [3.05, 3.63) is 0 Å². The van der Waals surface area contributed by atoms with Crippen molar-refractivity contribution < 1.29 is 14.3 Å². The van der Waals surface area contributed by atoms with Crippen LogP contribution in [0.3, 0.4) is 0 Å². The van der Waals surface area contributed by atoms with Gasteiger partial charge in [-0.25, -0.2) is 0 Å². The van der Waals surface area contributed by atoms with Crippen molar-refractivity contribution in [2.24, 2.45) is 0 Å². The van der Waals surface area contributed by atoms with Crippen LogP contribution >= 0.6 is 0 Å². The van der Waals surface area contributed by atoms with Gasteiger partial charge < -0.3 is 15.4 Å². The Morgan fingerprint density at radius 3 is 2.56 bits per heavy atom. The highest BCUT2D eigenvalue weighted by Gasteiger charge is 2.11. The summed E-state index contributed by atoms with van der Waals surface area (Å²) >= 11 is 0. The van der Waals surface area contributed by atoms with Gasteiger partial charge in [0.2, 0.25) is 5.91 Å². The van der Waals surface area contributed by atoms with Crippen LogP contribution in [0.2, 0.25) is 0 Å². The van der Waals surface area contributed by atoms with E-state index in [1.54, 1.807) is 6.92 Å². The zero-order chi connectivity index (χ0) is 12.4. The highest BCUT2D eigenvalue weighted by molar-refractivity contribution is 5.81. The Morgan fingerprint density at radius 2 is 2.00 bits per heavy atom. The number of carbonyl (C=O) groups is 2. The summed E-state index contributed by atoms with van der Waals surface area (Å²) in [5, 5.41) is 5.78. The van der Waals surface area contributed by atoms with Crippen LogP contribution in [0.25, 0.3) is 0 Å². The van der Waals surface area contributed by atoms with Crippen LogP contribution < -0.4 is 10.6 Å². The smallest absolute Gasteiger partial charge is 0.306 e. The number of hydrogen-bond acceptors (Lipinski definition) is 4. The van der Waals surface area contributed by atoms with E-state index in [0.717, 1.165) is 12.8 Å². The van der Waals surface area contributed by atoms with E-state index in [1.165, 1.54) is 7.11 Å². The van der Waals surface area contributed by atoms with E-state index in [9.17, 15) is 9.59 Å². The van der Waals surface area contributed by atoms with Crippen LogP contribution in [0.4, 0.5) is 0 Å². The lowest BCUT2D eigenvalue weighted by molar-refractivity contribution is -0.140. The van der Waals surface area contributed by atoms with Gasteiger partial charge in [-0.2, -0.15) is 0 Å². The van der Waals surface area contributed by atoms with Gasteiger partial charge in [0, 0.05) is 13.1 Å². The van der Waals surface area contributed by atoms with Gasteiger partial charge in [0.05, 0.1) is 19.6 Å². The van der Waals surface area contributed by atoms with Crippen molar-refractivity contribution in [1.82, 2.24) is 10.6 Å². The lowest BCUT2D eigenvalue weighted by atomic mass is 10.2. The summed E-state index contributed by atoms with van der Waals surface area (Å²) in [7, 11) is 1.35. The van der Waals surface area contributed by atoms with E-state index in [1.807, 2.05) is 0 Å². The van der Waals surface area contributed by atoms with Gasteiger partial charge in [-0.15, -0.1) is 0 Å². The van der Waals surface area contributed by atoms with Crippen LogP contribution in [-0.2, 0) is 14.3 Å². The third-order valence-electron chi connectivity index (χ3n) is 2.23. The van der Waals surface area contributed by atoms with E-state index in [-0.39, 0.29) is 24.3 Å². The van der Waals surface area contributed by atoms with Crippen LogP contribution in [0.1, 0.15) is 33.1 Å². The van der Waals surface area contributed by atoms with Crippen LogP contribution in [-0.4, -0.2) is 38.1 Å². The summed E-state index contributed by atoms with van der Waals surface area (Å²) in [6, 6.07) is -0.276. The predicted octanol–water partition coefficient (Wildman–Crippen LogP) is 0.444. The maximum absolute atomic E-state index is 11.5. The van der Waals surface area contributed by atoms with Gasteiger partial charge in [0.15, 0.2) is 0 Å². The molecule has 0 saturated heterocycles. The number of amides is 1. The fraction of sp³-hybridized carbons (Fsp3) is 0.818. The second kappa shape index (κ2) is 9.15. The van der Waals surface area contributed by atoms with E-state index < -0.39 is 0 Å². The van der Waals surface area contributed by atoms with Crippen LogP contribution in [0.15, 0.2) is 0 Å². The summed E-state index contributed by atoms with van der Waals surface area (Å²) in [6.07, 6.45) is 2.33. The van der Waals surface area contributed by atoms with Crippen molar-refractivity contribution in [2.45, 2.75) is 39.2 Å². The molecule has 2 N–H and O–H groups in total. The molecule has 94 valence electrons. The van der Waals surface area contributed by atoms with Crippen molar-refractivity contribution in [2.75, 3.05) is 20.2 Å². The minimum absolute atomic E-state index is 0.0293. The third-order valence-corrected chi connectivity index (χ3v) is 2.23. The molecule has 0 aromatic carbocycles. The normalized spacial score (nSPS) is 11.9. The molecule has 0 aliphatic heterocycles. The summed E-state index contributed by atoms with van der Waals surface area (Å²) in [6.45, 7) is 5.01. The molecule has 5 nitrogen and oxygen atoms in total. The van der Waals surface area contributed by atoms with E-state index in [0.29, 0.717) is 13.1 Å². The molecule has 1 atom stereocenters. The number of ether oxygens (including phenoxy) is 1. The Kier molecular flexibility index (Phi) is 8.52. The van der Waals surface area contributed by atoms with E-state index in [2.05, 4.69) is 22.3 Å². The Morgan fingerprint density at radius 1 is 1.31 bits per heavy atom. The molecule has 0 rings (SSSR count). The van der Waals surface area contributed by atoms with Crippen molar-refractivity contribution in [3.63, 3.8) is 0 Å². The van der Waals surface area contributed by atoms with Gasteiger partial charge in [-0.3, -0.25) is 9.59 Å². The van der Waals surface area contributed by atoms with Gasteiger partial charge in [0.1, 0.15) is 0 Å². The summed E-state index contributed by atoms with van der Waals surface area (Å²) in [4.78, 5) is 22.3. The molecule has 5 heteroatoms. The molecule has 1 unspecified atom stereocenters. The zero-order valence-corrected chi connectivity index (χ0v) is 10.3. The molecule has 0 aliphatic rings. The molecule has 0 saturated carbocycles. The first-order valence-electron chi connectivity index (χ1n) is 5.69. The fourth-order valence-electron chi connectivity index (χ4n) is 1.13. The monoisotopic (exact) mass is 230 g/mol. The quantitative estimate of drug-likeness (QED) is 0.469. The largest absolute Gasteiger partial charge is 0.469 e. The number of methoxy groups -OCH3 is 1. The SMILES string of the molecule is CCCCNC(=O)C(C)NCCC(=O)OC. The molecule has 0 aromatic rings. The second-order valence-electron chi connectivity index (χ2n) is 3.65. The Labute approximate surface area is 96.9 Å². The van der Waals surface area contributed by atoms with Gasteiger partial charge in [0.25, 0.3) is 0 Å². The minimum Gasteiger partial charge on any atom is -0.469 e. The number of nitrogens with one attached hydrogen (secondary N) is 2. The summed E-state index contributed by atoms with van der Waals surface area (Å²) in [5.74, 6) is -0.301. The molecule has 0 bridgehead atoms. The number of esters is 1. The molecule has 0 radical (unpaired) electrons. The third kappa shape index (κ3) is 7.23. The maximum Gasteiger partial charge on any atom is 0.306 e. The molecule has 0 aromatic heterocycles. The highest BCUT2D eigenvalue weighted by Crippen LogP contribution is 1.88. The lowest BCUT2D eigenvalue weighted by Gasteiger charge is -2.13. The van der Waals surface area contributed by atoms with Crippen LogP contribution in [0.5, 0.6) is 0 Å². The molecule has 0 fully saturated rings. The minimum atomic E-state index is -0.276. The van der Waals surface area contributed by atoms with Gasteiger partial charge in [-0.05, 0) is 13.3 Å². The first kappa shape index (κ1) is 14.9. The van der Waals surface area contributed by atoms with Crippen LogP contribution in [0, 0.1) is 0 Å². The fourth-order valence-corrected chi connectivity index (χ4v) is 1.13. The first-order chi connectivity index (χ1) is 7.61. The Balaban J connectivity index is 3.58. The molecule has 0 aliphatic carbocycles. The van der Waals surface area contributed by atoms with E-state index >= 15 is 0 Å². The molecule has 1 amide bonds. The zero-order valence-electron chi connectivity index (χ0n) is 10.3. The summed E-state index contributed by atoms with van der Waals surface area (Å²) < 4.78 is 4.49. The lowest BCUT2D eigenvalue weighted by Crippen LogP contribution is -2.43. The standard InChI is InChI=1S/C11H22N2O3/c1-4-5-7-13-11(15)9(2)12-8-6-10(14)16-3/h9,12H,4-8H2,1-3H3,(H,13,15). The number of carbonyl (C=O) groups excluding carboxylic acids is 2. The average Bonchev–Trinajstić information content (AvgIpc) is 2.28. The highest BCUT2D eigenvalue weighted by atomic mass is 16.5. The van der Waals surface area contributed by atoms with Gasteiger partial charge >= 0.3 is 5.97 Å². The Hall–Kier alpha value is -1.10. The second-order valence-corrected chi connectivity index (χ2v) is 3.65. The maximum atomic E-state index is 11.5. The van der Waals surface area contributed by atoms with Crippen molar-refractivity contribution in [1.29, 1.82) is 0 Å². The molecule has 0 heterocycles. The molecular formula is C11H22N2O3. The topological polar surface area (TPSA) is 67.4 Å². The van der Waals surface area contributed by atoms with Gasteiger partial charge in [-0.1, -0.05) is 13.3 Å². The number of hydrogen-bond donors (Lipinski definition) is 2. The summed E-state index contributed by atoms with van der Waals surface area (Å²) in [5.41, 5.74) is 0. The molecule has 16 heavy (non-hydrogen) atoms. The number of unbranched alkanes of at least 4 members (excludes halogenated alkanes) is 1. The van der Waals surface area contributed by atoms with Crippen molar-refractivity contribution >= 4 is 11.9 Å². The molecular weight excluding hydrogens is 208 g/mol. The van der Waals surface area contributed by atoms with E-state index in [4.69, 9.17) is 0 Å². The average molecular weight is 230 g/mol. The first-order valence-corrected chi connectivity index (χ1v) is 5.69. The Bertz CT molecular complexity index is 219. The number of rotatable bonds is 8.